The van der Waals surface area contributed by atoms with Gasteiger partial charge < -0.3 is 9.67 Å². The number of benzene rings is 1. The Morgan fingerprint density at radius 3 is 2.61 bits per heavy atom. The highest BCUT2D eigenvalue weighted by Crippen LogP contribution is 2.34. The summed E-state index contributed by atoms with van der Waals surface area (Å²) in [5, 5.41) is 10.3. The quantitative estimate of drug-likeness (QED) is 0.775. The molecular formula is C19H27N3O. The van der Waals surface area contributed by atoms with Crippen molar-refractivity contribution in [1.82, 2.24) is 9.55 Å². The zero-order chi connectivity index (χ0) is 17.0. The first-order chi connectivity index (χ1) is 10.9. The van der Waals surface area contributed by atoms with Gasteiger partial charge in [-0.3, -0.25) is 4.99 Å². The number of unbranched alkanes of at least 4 members (excludes halogenated alkanes) is 1. The van der Waals surface area contributed by atoms with Crippen LogP contribution >= 0.6 is 0 Å². The van der Waals surface area contributed by atoms with Crippen molar-refractivity contribution in [2.45, 2.75) is 59.1 Å². The van der Waals surface area contributed by atoms with Gasteiger partial charge in [-0.15, -0.1) is 0 Å². The van der Waals surface area contributed by atoms with Gasteiger partial charge in [-0.1, -0.05) is 31.5 Å². The van der Waals surface area contributed by atoms with Crippen molar-refractivity contribution in [3.63, 3.8) is 0 Å². The first-order valence-corrected chi connectivity index (χ1v) is 8.22. The molecule has 1 aromatic carbocycles. The van der Waals surface area contributed by atoms with E-state index in [2.05, 4.69) is 23.2 Å². The van der Waals surface area contributed by atoms with Crippen LogP contribution in [0.15, 0.2) is 29.3 Å². The average Bonchev–Trinajstić information content (AvgIpc) is 2.78. The summed E-state index contributed by atoms with van der Waals surface area (Å²) in [5.74, 6) is 1.03. The van der Waals surface area contributed by atoms with Gasteiger partial charge in [-0.05, 0) is 40.0 Å². The van der Waals surface area contributed by atoms with Crippen molar-refractivity contribution in [2.24, 2.45) is 4.99 Å². The number of imidazole rings is 1. The highest BCUT2D eigenvalue weighted by molar-refractivity contribution is 5.76. The van der Waals surface area contributed by atoms with Gasteiger partial charge in [0.15, 0.2) is 0 Å². The van der Waals surface area contributed by atoms with Gasteiger partial charge in [0, 0.05) is 12.0 Å². The molecule has 0 fully saturated rings. The SMILES string of the molecule is C=Nc1ccccc1-c1c(C)nc(CCCC)n1CC(C)(C)O. The van der Waals surface area contributed by atoms with Crippen LogP contribution in [-0.4, -0.2) is 27.0 Å². The van der Waals surface area contributed by atoms with Gasteiger partial charge >= 0.3 is 0 Å². The van der Waals surface area contributed by atoms with Crippen LogP contribution < -0.4 is 0 Å². The Morgan fingerprint density at radius 2 is 2.00 bits per heavy atom. The maximum Gasteiger partial charge on any atom is 0.109 e. The van der Waals surface area contributed by atoms with Crippen LogP contribution in [0.3, 0.4) is 0 Å². The van der Waals surface area contributed by atoms with Crippen LogP contribution in [0.25, 0.3) is 11.3 Å². The Labute approximate surface area is 138 Å². The third-order valence-electron chi connectivity index (χ3n) is 3.85. The lowest BCUT2D eigenvalue weighted by Crippen LogP contribution is -2.27. The number of aryl methyl sites for hydroxylation is 2. The van der Waals surface area contributed by atoms with E-state index in [1.54, 1.807) is 0 Å². The monoisotopic (exact) mass is 313 g/mol. The van der Waals surface area contributed by atoms with E-state index in [0.29, 0.717) is 6.54 Å². The molecule has 4 nitrogen and oxygen atoms in total. The largest absolute Gasteiger partial charge is 0.389 e. The summed E-state index contributed by atoms with van der Waals surface area (Å²) in [7, 11) is 0. The number of para-hydroxylation sites is 1. The number of hydrogen-bond acceptors (Lipinski definition) is 3. The molecule has 4 heteroatoms. The van der Waals surface area contributed by atoms with Gasteiger partial charge in [-0.25, -0.2) is 4.98 Å². The smallest absolute Gasteiger partial charge is 0.109 e. The number of aromatic nitrogens is 2. The molecule has 2 aromatic rings. The first-order valence-electron chi connectivity index (χ1n) is 8.22. The lowest BCUT2D eigenvalue weighted by atomic mass is 10.1. The fourth-order valence-corrected chi connectivity index (χ4v) is 2.87. The molecular weight excluding hydrogens is 286 g/mol. The number of rotatable bonds is 7. The second-order valence-corrected chi connectivity index (χ2v) is 6.64. The van der Waals surface area contributed by atoms with Crippen LogP contribution in [0, 0.1) is 6.92 Å². The fourth-order valence-electron chi connectivity index (χ4n) is 2.87. The molecule has 2 rings (SSSR count). The number of nitrogens with zero attached hydrogens (tertiary/aromatic N) is 3. The van der Waals surface area contributed by atoms with Crippen LogP contribution in [0.2, 0.25) is 0 Å². The summed E-state index contributed by atoms with van der Waals surface area (Å²) >= 11 is 0. The Morgan fingerprint density at radius 1 is 1.30 bits per heavy atom. The summed E-state index contributed by atoms with van der Waals surface area (Å²) in [6, 6.07) is 7.95. The third kappa shape index (κ3) is 4.08. The molecule has 124 valence electrons. The minimum atomic E-state index is -0.806. The second kappa shape index (κ2) is 7.09. The van der Waals surface area contributed by atoms with E-state index in [1.807, 2.05) is 45.0 Å². The Bertz CT molecular complexity index is 680. The van der Waals surface area contributed by atoms with Gasteiger partial charge in [-0.2, -0.15) is 0 Å². The molecule has 0 bridgehead atoms. The van der Waals surface area contributed by atoms with E-state index in [1.165, 1.54) is 0 Å². The Kier molecular flexibility index (Phi) is 5.37. The molecule has 1 aromatic heterocycles. The molecule has 0 radical (unpaired) electrons. The van der Waals surface area contributed by atoms with Gasteiger partial charge in [0.25, 0.3) is 0 Å². The molecule has 0 amide bonds. The zero-order valence-electron chi connectivity index (χ0n) is 14.6. The van der Waals surface area contributed by atoms with E-state index < -0.39 is 5.60 Å². The molecule has 0 aliphatic heterocycles. The minimum Gasteiger partial charge on any atom is -0.389 e. The molecule has 0 spiro atoms. The fraction of sp³-hybridized carbons (Fsp3) is 0.474. The predicted octanol–water partition coefficient (Wildman–Crippen LogP) is 4.30. The second-order valence-electron chi connectivity index (χ2n) is 6.64. The van der Waals surface area contributed by atoms with Gasteiger partial charge in [0.2, 0.25) is 0 Å². The van der Waals surface area contributed by atoms with Crippen LogP contribution in [-0.2, 0) is 13.0 Å². The van der Waals surface area contributed by atoms with E-state index in [0.717, 1.165) is 47.7 Å². The van der Waals surface area contributed by atoms with E-state index in [9.17, 15) is 5.11 Å². The standard InChI is InChI=1S/C19H27N3O/c1-6-7-12-17-21-14(2)18(22(17)13-19(3,4)23)15-10-8-9-11-16(15)20-5/h8-11,23H,5-7,12-13H2,1-4H3. The zero-order valence-corrected chi connectivity index (χ0v) is 14.6. The molecule has 0 saturated heterocycles. The molecule has 1 N–H and O–H groups in total. The molecule has 0 saturated carbocycles. The van der Waals surface area contributed by atoms with Crippen molar-refractivity contribution >= 4 is 12.4 Å². The lowest BCUT2D eigenvalue weighted by molar-refractivity contribution is 0.0610. The van der Waals surface area contributed by atoms with Crippen molar-refractivity contribution in [1.29, 1.82) is 0 Å². The highest BCUT2D eigenvalue weighted by Gasteiger charge is 2.23. The molecule has 0 aliphatic carbocycles. The van der Waals surface area contributed by atoms with E-state index >= 15 is 0 Å². The Hall–Kier alpha value is -1.94. The van der Waals surface area contributed by atoms with E-state index in [4.69, 9.17) is 4.98 Å². The lowest BCUT2D eigenvalue weighted by Gasteiger charge is -2.22. The van der Waals surface area contributed by atoms with Crippen LogP contribution in [0.4, 0.5) is 5.69 Å². The summed E-state index contributed by atoms with van der Waals surface area (Å²) in [6.07, 6.45) is 3.12. The van der Waals surface area contributed by atoms with Crippen LogP contribution in [0.5, 0.6) is 0 Å². The summed E-state index contributed by atoms with van der Waals surface area (Å²) in [4.78, 5) is 8.92. The van der Waals surface area contributed by atoms with Gasteiger partial charge in [0.05, 0.1) is 29.2 Å². The van der Waals surface area contributed by atoms with Crippen LogP contribution in [0.1, 0.15) is 45.1 Å². The Balaban J connectivity index is 2.61. The number of aliphatic imine (C=N–C) groups is 1. The minimum absolute atomic E-state index is 0.508. The van der Waals surface area contributed by atoms with Crippen molar-refractivity contribution < 1.29 is 5.11 Å². The number of hydrogen-bond donors (Lipinski definition) is 1. The topological polar surface area (TPSA) is 50.4 Å². The molecule has 0 unspecified atom stereocenters. The maximum atomic E-state index is 10.3. The molecule has 1 heterocycles. The summed E-state index contributed by atoms with van der Waals surface area (Å²) in [5.41, 5.74) is 3.05. The van der Waals surface area contributed by atoms with Crippen molar-refractivity contribution in [3.05, 3.63) is 35.8 Å². The highest BCUT2D eigenvalue weighted by atomic mass is 16.3. The predicted molar refractivity (Wildman–Crippen MR) is 96.5 cm³/mol. The summed E-state index contributed by atoms with van der Waals surface area (Å²) in [6.45, 7) is 12.0. The maximum absolute atomic E-state index is 10.3. The normalized spacial score (nSPS) is 11.7. The van der Waals surface area contributed by atoms with Gasteiger partial charge in [0.1, 0.15) is 5.82 Å². The van der Waals surface area contributed by atoms with E-state index in [-0.39, 0.29) is 0 Å². The molecule has 0 atom stereocenters. The molecule has 0 aliphatic rings. The molecule has 23 heavy (non-hydrogen) atoms. The van der Waals surface area contributed by atoms with Crippen molar-refractivity contribution in [3.8, 4) is 11.3 Å². The summed E-state index contributed by atoms with van der Waals surface area (Å²) < 4.78 is 2.15. The van der Waals surface area contributed by atoms with Crippen molar-refractivity contribution in [2.75, 3.05) is 0 Å². The number of aliphatic hydroxyl groups is 1. The average molecular weight is 313 g/mol. The third-order valence-corrected chi connectivity index (χ3v) is 3.85. The first kappa shape index (κ1) is 17.4.